The molecule has 1 fully saturated rings. The Morgan fingerprint density at radius 3 is 2.07 bits per heavy atom. The SMILES string of the molecule is O=C([O-])CN(C(=O)OCc1ccccc1)[C@@H]1CCN(C(=O)OCc2ccccc2)C1. The Hall–Kier alpha value is -3.55. The van der Waals surface area contributed by atoms with E-state index in [0.717, 1.165) is 16.0 Å². The van der Waals surface area contributed by atoms with Gasteiger partial charge in [0.05, 0.1) is 18.6 Å². The number of ether oxygens (including phenoxy) is 2. The quantitative estimate of drug-likeness (QED) is 0.689. The molecular formula is C22H23N2O6-. The van der Waals surface area contributed by atoms with E-state index in [1.54, 1.807) is 12.1 Å². The highest BCUT2D eigenvalue weighted by Crippen LogP contribution is 2.18. The number of benzene rings is 2. The average Bonchev–Trinajstić information content (AvgIpc) is 3.25. The highest BCUT2D eigenvalue weighted by Gasteiger charge is 2.34. The molecule has 1 atom stereocenters. The summed E-state index contributed by atoms with van der Waals surface area (Å²) in [5.74, 6) is -1.39. The number of carboxylic acids is 1. The van der Waals surface area contributed by atoms with Crippen molar-refractivity contribution in [1.82, 2.24) is 9.80 Å². The van der Waals surface area contributed by atoms with Gasteiger partial charge in [0.2, 0.25) is 0 Å². The summed E-state index contributed by atoms with van der Waals surface area (Å²) in [6.45, 7) is 0.0851. The molecule has 1 aliphatic heterocycles. The zero-order chi connectivity index (χ0) is 21.3. The van der Waals surface area contributed by atoms with Gasteiger partial charge in [0.1, 0.15) is 13.2 Å². The van der Waals surface area contributed by atoms with Crippen LogP contribution in [0.2, 0.25) is 0 Å². The number of amides is 2. The molecular weight excluding hydrogens is 388 g/mol. The summed E-state index contributed by atoms with van der Waals surface area (Å²) in [7, 11) is 0. The summed E-state index contributed by atoms with van der Waals surface area (Å²) < 4.78 is 10.6. The van der Waals surface area contributed by atoms with E-state index in [1.807, 2.05) is 48.5 Å². The molecule has 1 aliphatic rings. The second-order valence-electron chi connectivity index (χ2n) is 6.97. The van der Waals surface area contributed by atoms with Crippen LogP contribution < -0.4 is 5.11 Å². The standard InChI is InChI=1S/C22H24N2O6/c25-20(26)14-24(22(28)30-16-18-9-5-2-6-10-18)19-11-12-23(13-19)21(27)29-15-17-7-3-1-4-8-17/h1-10,19H,11-16H2,(H,25,26)/p-1/t19-/m1/s1. The zero-order valence-electron chi connectivity index (χ0n) is 16.4. The van der Waals surface area contributed by atoms with Gasteiger partial charge in [-0.05, 0) is 17.5 Å². The largest absolute Gasteiger partial charge is 0.548 e. The summed E-state index contributed by atoms with van der Waals surface area (Å²) in [6.07, 6.45) is -0.839. The predicted molar refractivity (Wildman–Crippen MR) is 105 cm³/mol. The molecule has 0 aromatic heterocycles. The van der Waals surface area contributed by atoms with Gasteiger partial charge in [0.15, 0.2) is 0 Å². The van der Waals surface area contributed by atoms with Crippen molar-refractivity contribution in [3.63, 3.8) is 0 Å². The normalized spacial score (nSPS) is 15.5. The predicted octanol–water partition coefficient (Wildman–Crippen LogP) is 1.79. The first-order valence-corrected chi connectivity index (χ1v) is 9.65. The highest BCUT2D eigenvalue weighted by molar-refractivity contribution is 5.76. The van der Waals surface area contributed by atoms with Crippen molar-refractivity contribution in [2.24, 2.45) is 0 Å². The lowest BCUT2D eigenvalue weighted by Gasteiger charge is -2.28. The van der Waals surface area contributed by atoms with Crippen molar-refractivity contribution >= 4 is 18.2 Å². The molecule has 8 heteroatoms. The van der Waals surface area contributed by atoms with Crippen LogP contribution in [0.5, 0.6) is 0 Å². The van der Waals surface area contributed by atoms with Gasteiger partial charge in [0.25, 0.3) is 0 Å². The van der Waals surface area contributed by atoms with Crippen LogP contribution in [0.25, 0.3) is 0 Å². The van der Waals surface area contributed by atoms with Gasteiger partial charge in [-0.25, -0.2) is 9.59 Å². The third-order valence-electron chi connectivity index (χ3n) is 4.81. The molecule has 0 N–H and O–H groups in total. The van der Waals surface area contributed by atoms with Crippen molar-refractivity contribution in [3.8, 4) is 0 Å². The molecule has 0 saturated carbocycles. The first-order valence-electron chi connectivity index (χ1n) is 9.65. The monoisotopic (exact) mass is 411 g/mol. The van der Waals surface area contributed by atoms with E-state index >= 15 is 0 Å². The van der Waals surface area contributed by atoms with Crippen LogP contribution in [-0.4, -0.2) is 53.6 Å². The molecule has 0 spiro atoms. The summed E-state index contributed by atoms with van der Waals surface area (Å²) in [5.41, 5.74) is 1.65. The summed E-state index contributed by atoms with van der Waals surface area (Å²) >= 11 is 0. The lowest BCUT2D eigenvalue weighted by atomic mass is 10.2. The second kappa shape index (κ2) is 10.3. The van der Waals surface area contributed by atoms with E-state index in [9.17, 15) is 19.5 Å². The van der Waals surface area contributed by atoms with Gasteiger partial charge in [-0.1, -0.05) is 60.7 Å². The van der Waals surface area contributed by atoms with E-state index in [1.165, 1.54) is 4.90 Å². The van der Waals surface area contributed by atoms with Crippen LogP contribution in [0.15, 0.2) is 60.7 Å². The average molecular weight is 411 g/mol. The third-order valence-corrected chi connectivity index (χ3v) is 4.81. The molecule has 0 bridgehead atoms. The molecule has 2 aromatic rings. The first-order chi connectivity index (χ1) is 14.5. The van der Waals surface area contributed by atoms with E-state index in [0.29, 0.717) is 13.0 Å². The number of carbonyl (C=O) groups is 3. The van der Waals surface area contributed by atoms with Crippen molar-refractivity contribution < 1.29 is 29.0 Å². The summed E-state index contributed by atoms with van der Waals surface area (Å²) in [6, 6.07) is 17.9. The zero-order valence-corrected chi connectivity index (χ0v) is 16.4. The number of rotatable bonds is 7. The number of hydrogen-bond acceptors (Lipinski definition) is 6. The lowest BCUT2D eigenvalue weighted by molar-refractivity contribution is -0.306. The van der Waals surface area contributed by atoms with Crippen LogP contribution in [0.4, 0.5) is 9.59 Å². The molecule has 2 aromatic carbocycles. The maximum absolute atomic E-state index is 12.5. The topological polar surface area (TPSA) is 99.2 Å². The second-order valence-corrected chi connectivity index (χ2v) is 6.97. The van der Waals surface area contributed by atoms with Crippen LogP contribution in [0.3, 0.4) is 0 Å². The van der Waals surface area contributed by atoms with Crippen molar-refractivity contribution in [3.05, 3.63) is 71.8 Å². The van der Waals surface area contributed by atoms with Gasteiger partial charge in [-0.2, -0.15) is 0 Å². The van der Waals surface area contributed by atoms with Gasteiger partial charge in [-0.3, -0.25) is 4.90 Å². The van der Waals surface area contributed by atoms with E-state index < -0.39 is 30.7 Å². The van der Waals surface area contributed by atoms with Gasteiger partial charge >= 0.3 is 12.2 Å². The number of aliphatic carboxylic acids is 1. The molecule has 158 valence electrons. The minimum Gasteiger partial charge on any atom is -0.548 e. The van der Waals surface area contributed by atoms with Crippen molar-refractivity contribution in [1.29, 1.82) is 0 Å². The summed E-state index contributed by atoms with van der Waals surface area (Å²) in [5, 5.41) is 11.2. The molecule has 30 heavy (non-hydrogen) atoms. The number of likely N-dealkylation sites (tertiary alicyclic amines) is 1. The van der Waals surface area contributed by atoms with Crippen LogP contribution in [0, 0.1) is 0 Å². The molecule has 1 heterocycles. The summed E-state index contributed by atoms with van der Waals surface area (Å²) in [4.78, 5) is 38.5. The number of carboxylic acid groups (broad SMARTS) is 1. The van der Waals surface area contributed by atoms with Crippen molar-refractivity contribution in [2.45, 2.75) is 25.7 Å². The van der Waals surface area contributed by atoms with Gasteiger partial charge < -0.3 is 24.3 Å². The van der Waals surface area contributed by atoms with Crippen LogP contribution in [-0.2, 0) is 27.5 Å². The third kappa shape index (κ3) is 5.97. The lowest BCUT2D eigenvalue weighted by Crippen LogP contribution is -2.48. The number of hydrogen-bond donors (Lipinski definition) is 0. The highest BCUT2D eigenvalue weighted by atomic mass is 16.6. The van der Waals surface area contributed by atoms with Gasteiger partial charge in [0, 0.05) is 13.1 Å². The first kappa shape index (κ1) is 21.2. The molecule has 1 saturated heterocycles. The molecule has 0 aliphatic carbocycles. The van der Waals surface area contributed by atoms with Crippen LogP contribution >= 0.6 is 0 Å². The molecule has 3 rings (SSSR count). The molecule has 8 nitrogen and oxygen atoms in total. The molecule has 0 unspecified atom stereocenters. The van der Waals surface area contributed by atoms with Crippen LogP contribution in [0.1, 0.15) is 17.5 Å². The minimum absolute atomic E-state index is 0.0266. The fraction of sp³-hybridized carbons (Fsp3) is 0.318. The Bertz CT molecular complexity index is 858. The Balaban J connectivity index is 1.54. The smallest absolute Gasteiger partial charge is 0.410 e. The molecule has 0 radical (unpaired) electrons. The maximum atomic E-state index is 12.5. The number of carbonyl (C=O) groups excluding carboxylic acids is 3. The fourth-order valence-corrected chi connectivity index (χ4v) is 3.26. The minimum atomic E-state index is -1.39. The van der Waals surface area contributed by atoms with Crippen molar-refractivity contribution in [2.75, 3.05) is 19.6 Å². The molecule has 2 amide bonds. The van der Waals surface area contributed by atoms with Gasteiger partial charge in [-0.15, -0.1) is 0 Å². The van der Waals surface area contributed by atoms with E-state index in [2.05, 4.69) is 0 Å². The Morgan fingerprint density at radius 2 is 1.50 bits per heavy atom. The Labute approximate surface area is 174 Å². The van der Waals surface area contributed by atoms with E-state index in [-0.39, 0.29) is 19.8 Å². The number of nitrogens with zero attached hydrogens (tertiary/aromatic N) is 2. The Morgan fingerprint density at radius 1 is 0.933 bits per heavy atom. The Kier molecular flexibility index (Phi) is 7.26. The maximum Gasteiger partial charge on any atom is 0.410 e. The van der Waals surface area contributed by atoms with E-state index in [4.69, 9.17) is 9.47 Å². The fourth-order valence-electron chi connectivity index (χ4n) is 3.26.